The fraction of sp³-hybridized carbons (Fsp3) is 0.360. The van der Waals surface area contributed by atoms with E-state index < -0.39 is 29.9 Å². The molecule has 0 radical (unpaired) electrons. The molecule has 0 saturated carbocycles. The number of carbonyl (C=O) groups excluding carboxylic acids is 3. The number of alkyl carbamates (subject to hydrolysis) is 1. The SMILES string of the molecule is CC(C)[C@H](NC(=O)OCC1c2ccccc2-c2ccccc21)C(=O)NCC(=O)NCCC(=O)O. The number of carbonyl (C=O) groups is 4. The molecule has 0 bridgehead atoms. The van der Waals surface area contributed by atoms with Gasteiger partial charge in [-0.3, -0.25) is 14.4 Å². The Morgan fingerprint density at radius 1 is 0.941 bits per heavy atom. The zero-order valence-corrected chi connectivity index (χ0v) is 19.2. The van der Waals surface area contributed by atoms with E-state index in [9.17, 15) is 19.2 Å². The quantitative estimate of drug-likeness (QED) is 0.424. The Bertz CT molecular complexity index is 1020. The van der Waals surface area contributed by atoms with Gasteiger partial charge in [-0.05, 0) is 28.2 Å². The van der Waals surface area contributed by atoms with Crippen molar-refractivity contribution in [3.05, 3.63) is 59.7 Å². The van der Waals surface area contributed by atoms with Crippen LogP contribution in [-0.4, -0.2) is 54.7 Å². The molecule has 0 aliphatic heterocycles. The summed E-state index contributed by atoms with van der Waals surface area (Å²) < 4.78 is 5.51. The summed E-state index contributed by atoms with van der Waals surface area (Å²) in [7, 11) is 0. The molecule has 0 aromatic heterocycles. The van der Waals surface area contributed by atoms with Crippen molar-refractivity contribution in [3.8, 4) is 11.1 Å². The smallest absolute Gasteiger partial charge is 0.407 e. The van der Waals surface area contributed by atoms with Crippen molar-refractivity contribution in [2.45, 2.75) is 32.2 Å². The van der Waals surface area contributed by atoms with Gasteiger partial charge in [0.1, 0.15) is 12.6 Å². The molecule has 9 heteroatoms. The van der Waals surface area contributed by atoms with Gasteiger partial charge >= 0.3 is 12.1 Å². The van der Waals surface area contributed by atoms with Crippen molar-refractivity contribution >= 4 is 23.9 Å². The molecule has 0 unspecified atom stereocenters. The first-order chi connectivity index (χ1) is 16.3. The Balaban J connectivity index is 1.54. The Hall–Kier alpha value is -3.88. The Labute approximate surface area is 197 Å². The molecule has 1 aliphatic carbocycles. The number of hydrogen-bond acceptors (Lipinski definition) is 5. The summed E-state index contributed by atoms with van der Waals surface area (Å²) in [6.07, 6.45) is -0.931. The molecular weight excluding hydrogens is 438 g/mol. The number of aliphatic carboxylic acids is 1. The number of fused-ring (bicyclic) bond motifs is 3. The molecule has 180 valence electrons. The molecule has 4 N–H and O–H groups in total. The van der Waals surface area contributed by atoms with E-state index >= 15 is 0 Å². The maximum Gasteiger partial charge on any atom is 0.407 e. The summed E-state index contributed by atoms with van der Waals surface area (Å²) in [5.41, 5.74) is 4.41. The molecule has 3 amide bonds. The van der Waals surface area contributed by atoms with E-state index in [1.54, 1.807) is 13.8 Å². The van der Waals surface area contributed by atoms with E-state index in [0.29, 0.717) is 0 Å². The number of ether oxygens (including phenoxy) is 1. The van der Waals surface area contributed by atoms with Crippen molar-refractivity contribution in [1.29, 1.82) is 0 Å². The third-order valence-electron chi connectivity index (χ3n) is 5.65. The minimum atomic E-state index is -1.03. The van der Waals surface area contributed by atoms with E-state index in [4.69, 9.17) is 9.84 Å². The summed E-state index contributed by atoms with van der Waals surface area (Å²) in [5.74, 6) is -2.43. The van der Waals surface area contributed by atoms with Crippen molar-refractivity contribution in [2.75, 3.05) is 19.7 Å². The predicted octanol–water partition coefficient (Wildman–Crippen LogP) is 2.26. The van der Waals surface area contributed by atoms with Crippen LogP contribution in [0, 0.1) is 5.92 Å². The number of amides is 3. The first-order valence-electron chi connectivity index (χ1n) is 11.2. The van der Waals surface area contributed by atoms with Gasteiger partial charge in [0.05, 0.1) is 13.0 Å². The summed E-state index contributed by atoms with van der Waals surface area (Å²) in [6, 6.07) is 15.1. The highest BCUT2D eigenvalue weighted by Crippen LogP contribution is 2.44. The van der Waals surface area contributed by atoms with Crippen molar-refractivity contribution in [3.63, 3.8) is 0 Å². The Kier molecular flexibility index (Phi) is 8.24. The lowest BCUT2D eigenvalue weighted by Gasteiger charge is -2.22. The minimum absolute atomic E-state index is 0.0321. The molecule has 9 nitrogen and oxygen atoms in total. The number of carboxylic acids is 1. The van der Waals surface area contributed by atoms with E-state index in [1.807, 2.05) is 48.5 Å². The van der Waals surface area contributed by atoms with Crippen LogP contribution < -0.4 is 16.0 Å². The highest BCUT2D eigenvalue weighted by Gasteiger charge is 2.30. The van der Waals surface area contributed by atoms with Crippen LogP contribution in [0.25, 0.3) is 11.1 Å². The monoisotopic (exact) mass is 467 g/mol. The van der Waals surface area contributed by atoms with Crippen LogP contribution in [0.15, 0.2) is 48.5 Å². The van der Waals surface area contributed by atoms with Crippen LogP contribution in [-0.2, 0) is 19.1 Å². The Morgan fingerprint density at radius 2 is 1.53 bits per heavy atom. The predicted molar refractivity (Wildman–Crippen MR) is 125 cm³/mol. The molecule has 1 atom stereocenters. The minimum Gasteiger partial charge on any atom is -0.481 e. The number of rotatable bonds is 10. The topological polar surface area (TPSA) is 134 Å². The van der Waals surface area contributed by atoms with Crippen LogP contribution in [0.4, 0.5) is 4.79 Å². The maximum absolute atomic E-state index is 12.5. The van der Waals surface area contributed by atoms with Gasteiger partial charge in [0.25, 0.3) is 0 Å². The molecule has 2 aromatic rings. The summed E-state index contributed by atoms with van der Waals surface area (Å²) >= 11 is 0. The van der Waals surface area contributed by atoms with Gasteiger partial charge in [-0.25, -0.2) is 4.79 Å². The number of nitrogens with one attached hydrogen (secondary N) is 3. The highest BCUT2D eigenvalue weighted by atomic mass is 16.5. The number of hydrogen-bond donors (Lipinski definition) is 4. The molecule has 2 aromatic carbocycles. The van der Waals surface area contributed by atoms with E-state index in [2.05, 4.69) is 16.0 Å². The second kappa shape index (κ2) is 11.3. The average Bonchev–Trinajstić information content (AvgIpc) is 3.13. The molecule has 34 heavy (non-hydrogen) atoms. The van der Waals surface area contributed by atoms with E-state index in [0.717, 1.165) is 22.3 Å². The number of carboxylic acid groups (broad SMARTS) is 1. The van der Waals surface area contributed by atoms with E-state index in [-0.39, 0.29) is 38.0 Å². The van der Waals surface area contributed by atoms with Crippen LogP contribution in [0.5, 0.6) is 0 Å². The second-order valence-electron chi connectivity index (χ2n) is 8.40. The van der Waals surface area contributed by atoms with Crippen molar-refractivity contribution in [2.24, 2.45) is 5.92 Å². The fourth-order valence-corrected chi connectivity index (χ4v) is 3.95. The first kappa shape index (κ1) is 24.8. The third kappa shape index (κ3) is 6.12. The molecule has 0 fully saturated rings. The van der Waals surface area contributed by atoms with Gasteiger partial charge in [0.15, 0.2) is 0 Å². The molecule has 0 spiro atoms. The Morgan fingerprint density at radius 3 is 2.09 bits per heavy atom. The lowest BCUT2D eigenvalue weighted by atomic mass is 9.98. The summed E-state index contributed by atoms with van der Waals surface area (Å²) in [4.78, 5) is 47.3. The zero-order valence-electron chi connectivity index (χ0n) is 19.2. The maximum atomic E-state index is 12.5. The van der Waals surface area contributed by atoms with Crippen LogP contribution in [0.3, 0.4) is 0 Å². The van der Waals surface area contributed by atoms with Crippen molar-refractivity contribution in [1.82, 2.24) is 16.0 Å². The largest absolute Gasteiger partial charge is 0.481 e. The number of benzene rings is 2. The van der Waals surface area contributed by atoms with Gasteiger partial charge in [0.2, 0.25) is 11.8 Å². The van der Waals surface area contributed by atoms with Gasteiger partial charge in [-0.2, -0.15) is 0 Å². The zero-order chi connectivity index (χ0) is 24.7. The second-order valence-corrected chi connectivity index (χ2v) is 8.40. The molecular formula is C25H29N3O6. The van der Waals surface area contributed by atoms with Crippen LogP contribution in [0.1, 0.15) is 37.3 Å². The van der Waals surface area contributed by atoms with Gasteiger partial charge in [-0.1, -0.05) is 62.4 Å². The van der Waals surface area contributed by atoms with Gasteiger partial charge in [-0.15, -0.1) is 0 Å². The van der Waals surface area contributed by atoms with E-state index in [1.165, 1.54) is 0 Å². The summed E-state index contributed by atoms with van der Waals surface area (Å²) in [5, 5.41) is 16.0. The summed E-state index contributed by atoms with van der Waals surface area (Å²) in [6.45, 7) is 3.30. The van der Waals surface area contributed by atoms with Gasteiger partial charge in [0, 0.05) is 12.5 Å². The van der Waals surface area contributed by atoms with Crippen LogP contribution in [0.2, 0.25) is 0 Å². The van der Waals surface area contributed by atoms with Crippen molar-refractivity contribution < 1.29 is 29.0 Å². The fourth-order valence-electron chi connectivity index (χ4n) is 3.95. The molecule has 0 heterocycles. The molecule has 1 aliphatic rings. The normalized spacial score (nSPS) is 12.9. The standard InChI is InChI=1S/C25H29N3O6/c1-15(2)23(24(32)27-13-21(29)26-12-11-22(30)31)28-25(33)34-14-20-18-9-5-3-7-16(18)17-8-4-6-10-19(17)20/h3-10,15,20,23H,11-14H2,1-2H3,(H,26,29)(H,27,32)(H,28,33)(H,30,31)/t23-/m0/s1. The molecule has 0 saturated heterocycles. The lowest BCUT2D eigenvalue weighted by Crippen LogP contribution is -2.51. The third-order valence-corrected chi connectivity index (χ3v) is 5.65. The molecule has 3 rings (SSSR count). The average molecular weight is 468 g/mol. The van der Waals surface area contributed by atoms with Gasteiger partial charge < -0.3 is 25.8 Å². The highest BCUT2D eigenvalue weighted by molar-refractivity contribution is 5.89. The first-order valence-corrected chi connectivity index (χ1v) is 11.2. The van der Waals surface area contributed by atoms with Crippen LogP contribution >= 0.6 is 0 Å². The lowest BCUT2D eigenvalue weighted by molar-refractivity contribution is -0.137.